The van der Waals surface area contributed by atoms with Crippen molar-refractivity contribution in [3.63, 3.8) is 0 Å². The number of aromatic nitrogens is 1. The van der Waals surface area contributed by atoms with Crippen LogP contribution in [-0.2, 0) is 4.79 Å². The molecule has 0 radical (unpaired) electrons. The maximum atomic E-state index is 11.2. The maximum Gasteiger partial charge on any atom is 0.241 e. The van der Waals surface area contributed by atoms with Crippen molar-refractivity contribution in [2.45, 2.75) is 20.0 Å². The normalized spacial score (nSPS) is 10.6. The number of rotatable bonds is 5. The second-order valence-electron chi connectivity index (χ2n) is 4.41. The van der Waals surface area contributed by atoms with Crippen LogP contribution in [0.3, 0.4) is 0 Å². The Labute approximate surface area is 126 Å². The molecule has 4 nitrogen and oxygen atoms in total. The van der Waals surface area contributed by atoms with E-state index in [-0.39, 0.29) is 17.9 Å². The summed E-state index contributed by atoms with van der Waals surface area (Å²) in [5, 5.41) is 5.07. The minimum atomic E-state index is -0.256. The van der Waals surface area contributed by atoms with Crippen molar-refractivity contribution in [2.75, 3.05) is 11.2 Å². The van der Waals surface area contributed by atoms with E-state index >= 15 is 0 Å². The molecule has 0 aliphatic carbocycles. The van der Waals surface area contributed by atoms with Gasteiger partial charge < -0.3 is 10.1 Å². The highest BCUT2D eigenvalue weighted by Crippen LogP contribution is 2.26. The van der Waals surface area contributed by atoms with Crippen LogP contribution >= 0.6 is 22.9 Å². The Kier molecular flexibility index (Phi) is 4.98. The largest absolute Gasteiger partial charge is 0.491 e. The molecular formula is C14H15ClN2O2S. The monoisotopic (exact) mass is 310 g/mol. The van der Waals surface area contributed by atoms with Crippen LogP contribution < -0.4 is 10.1 Å². The van der Waals surface area contributed by atoms with E-state index in [1.165, 1.54) is 11.3 Å². The lowest BCUT2D eigenvalue weighted by atomic mass is 10.2. The van der Waals surface area contributed by atoms with Gasteiger partial charge in [-0.1, -0.05) is 0 Å². The van der Waals surface area contributed by atoms with E-state index in [0.29, 0.717) is 5.13 Å². The van der Waals surface area contributed by atoms with E-state index in [9.17, 15) is 4.79 Å². The molecule has 2 aromatic rings. The van der Waals surface area contributed by atoms with Gasteiger partial charge in [-0.25, -0.2) is 4.98 Å². The smallest absolute Gasteiger partial charge is 0.241 e. The van der Waals surface area contributed by atoms with Crippen LogP contribution in [0, 0.1) is 0 Å². The highest BCUT2D eigenvalue weighted by molar-refractivity contribution is 7.14. The molecule has 2 rings (SSSR count). The molecule has 0 fully saturated rings. The van der Waals surface area contributed by atoms with Crippen molar-refractivity contribution in [1.82, 2.24) is 4.98 Å². The number of nitrogens with one attached hydrogen (secondary N) is 1. The Balaban J connectivity index is 2.10. The Hall–Kier alpha value is -1.59. The van der Waals surface area contributed by atoms with Gasteiger partial charge in [-0.15, -0.1) is 22.9 Å². The van der Waals surface area contributed by atoms with Crippen LogP contribution in [0.1, 0.15) is 13.8 Å². The number of ether oxygens (including phenoxy) is 1. The van der Waals surface area contributed by atoms with Crippen LogP contribution in [0.25, 0.3) is 11.3 Å². The van der Waals surface area contributed by atoms with Crippen LogP contribution in [0.5, 0.6) is 5.75 Å². The number of halogens is 1. The minimum Gasteiger partial charge on any atom is -0.491 e. The molecule has 6 heteroatoms. The van der Waals surface area contributed by atoms with Gasteiger partial charge in [0, 0.05) is 10.9 Å². The van der Waals surface area contributed by atoms with Crippen LogP contribution in [-0.4, -0.2) is 22.9 Å². The molecule has 106 valence electrons. The summed E-state index contributed by atoms with van der Waals surface area (Å²) in [5.74, 6) is 0.499. The SMILES string of the molecule is CC(C)Oc1ccc(-c2csc(NC(=O)CCl)n2)cc1. The average molecular weight is 311 g/mol. The zero-order chi connectivity index (χ0) is 14.5. The first-order valence-corrected chi connectivity index (χ1v) is 7.58. The van der Waals surface area contributed by atoms with Crippen molar-refractivity contribution in [1.29, 1.82) is 0 Å². The fourth-order valence-corrected chi connectivity index (χ4v) is 2.40. The van der Waals surface area contributed by atoms with Crippen LogP contribution in [0.15, 0.2) is 29.6 Å². The molecule has 20 heavy (non-hydrogen) atoms. The number of carbonyl (C=O) groups is 1. The van der Waals surface area contributed by atoms with E-state index in [2.05, 4.69) is 10.3 Å². The molecule has 0 saturated heterocycles. The van der Waals surface area contributed by atoms with Gasteiger partial charge >= 0.3 is 0 Å². The van der Waals surface area contributed by atoms with Gasteiger partial charge in [-0.2, -0.15) is 0 Å². The molecule has 0 atom stereocenters. The average Bonchev–Trinajstić information content (AvgIpc) is 2.87. The number of anilines is 1. The first-order chi connectivity index (χ1) is 9.58. The summed E-state index contributed by atoms with van der Waals surface area (Å²) in [6.45, 7) is 3.97. The van der Waals surface area contributed by atoms with Gasteiger partial charge in [0.1, 0.15) is 11.6 Å². The predicted octanol–water partition coefficient (Wildman–Crippen LogP) is 3.77. The Morgan fingerprint density at radius 1 is 1.40 bits per heavy atom. The fourth-order valence-electron chi connectivity index (χ4n) is 1.59. The zero-order valence-corrected chi connectivity index (χ0v) is 12.8. The van der Waals surface area contributed by atoms with Gasteiger partial charge in [0.25, 0.3) is 0 Å². The molecule has 1 N–H and O–H groups in total. The number of nitrogens with zero attached hydrogens (tertiary/aromatic N) is 1. The third kappa shape index (κ3) is 3.95. The third-order valence-electron chi connectivity index (χ3n) is 2.39. The first-order valence-electron chi connectivity index (χ1n) is 6.17. The lowest BCUT2D eigenvalue weighted by Gasteiger charge is -2.09. The van der Waals surface area contributed by atoms with Crippen LogP contribution in [0.4, 0.5) is 5.13 Å². The van der Waals surface area contributed by atoms with Crippen molar-refractivity contribution in [3.8, 4) is 17.0 Å². The lowest BCUT2D eigenvalue weighted by molar-refractivity contribution is -0.113. The van der Waals surface area contributed by atoms with E-state index in [4.69, 9.17) is 16.3 Å². The summed E-state index contributed by atoms with van der Waals surface area (Å²) >= 11 is 6.81. The first kappa shape index (κ1) is 14.8. The predicted molar refractivity (Wildman–Crippen MR) is 82.7 cm³/mol. The highest BCUT2D eigenvalue weighted by atomic mass is 35.5. The number of hydrogen-bond donors (Lipinski definition) is 1. The van der Waals surface area contributed by atoms with Gasteiger partial charge in [-0.05, 0) is 38.1 Å². The second-order valence-corrected chi connectivity index (χ2v) is 5.54. The Bertz CT molecular complexity index is 581. The van der Waals surface area contributed by atoms with Crippen molar-refractivity contribution >= 4 is 34.0 Å². The number of benzene rings is 1. The lowest BCUT2D eigenvalue weighted by Crippen LogP contribution is -2.12. The van der Waals surface area contributed by atoms with Crippen LogP contribution in [0.2, 0.25) is 0 Å². The van der Waals surface area contributed by atoms with E-state index < -0.39 is 0 Å². The zero-order valence-electron chi connectivity index (χ0n) is 11.2. The third-order valence-corrected chi connectivity index (χ3v) is 3.39. The number of hydrogen-bond acceptors (Lipinski definition) is 4. The summed E-state index contributed by atoms with van der Waals surface area (Å²) in [4.78, 5) is 15.5. The maximum absolute atomic E-state index is 11.2. The van der Waals surface area contributed by atoms with E-state index in [1.54, 1.807) is 0 Å². The second kappa shape index (κ2) is 6.72. The molecule has 0 aliphatic rings. The summed E-state index contributed by atoms with van der Waals surface area (Å²) in [6.07, 6.45) is 0.150. The van der Waals surface area contributed by atoms with Gasteiger partial charge in [0.2, 0.25) is 5.91 Å². The summed E-state index contributed by atoms with van der Waals surface area (Å²) in [7, 11) is 0. The Morgan fingerprint density at radius 3 is 2.70 bits per heavy atom. The molecule has 0 unspecified atom stereocenters. The molecule has 1 aromatic carbocycles. The molecule has 1 heterocycles. The van der Waals surface area contributed by atoms with Gasteiger partial charge in [-0.3, -0.25) is 4.79 Å². The topological polar surface area (TPSA) is 51.2 Å². The van der Waals surface area contributed by atoms with Gasteiger partial charge in [0.15, 0.2) is 5.13 Å². The van der Waals surface area contributed by atoms with Gasteiger partial charge in [0.05, 0.1) is 11.8 Å². The quantitative estimate of drug-likeness (QED) is 0.855. The molecule has 0 saturated carbocycles. The molecule has 1 aromatic heterocycles. The van der Waals surface area contributed by atoms with E-state index in [1.807, 2.05) is 43.5 Å². The van der Waals surface area contributed by atoms with Crippen molar-refractivity contribution < 1.29 is 9.53 Å². The fraction of sp³-hybridized carbons (Fsp3) is 0.286. The summed E-state index contributed by atoms with van der Waals surface area (Å²) < 4.78 is 5.59. The molecular weight excluding hydrogens is 296 g/mol. The minimum absolute atomic E-state index is 0.0733. The molecule has 1 amide bonds. The number of thiazole rings is 1. The van der Waals surface area contributed by atoms with Crippen molar-refractivity contribution in [3.05, 3.63) is 29.6 Å². The molecule has 0 bridgehead atoms. The van der Waals surface area contributed by atoms with Crippen molar-refractivity contribution in [2.24, 2.45) is 0 Å². The highest BCUT2D eigenvalue weighted by Gasteiger charge is 2.07. The number of amides is 1. The summed E-state index contributed by atoms with van der Waals surface area (Å²) in [6, 6.07) is 7.71. The Morgan fingerprint density at radius 2 is 2.10 bits per heavy atom. The standard InChI is InChI=1S/C14H15ClN2O2S/c1-9(2)19-11-5-3-10(4-6-11)12-8-20-14(16-12)17-13(18)7-15/h3-6,8-9H,7H2,1-2H3,(H,16,17,18). The molecule has 0 spiro atoms. The van der Waals surface area contributed by atoms with E-state index in [0.717, 1.165) is 17.0 Å². The number of carbonyl (C=O) groups excluding carboxylic acids is 1. The summed E-state index contributed by atoms with van der Waals surface area (Å²) in [5.41, 5.74) is 1.79. The molecule has 0 aliphatic heterocycles. The number of alkyl halides is 1.